The number of hydrogen-bond acceptors (Lipinski definition) is 0. The highest BCUT2D eigenvalue weighted by molar-refractivity contribution is 6.41. The molecule has 0 N–H and O–H groups in total. The maximum Gasteiger partial charge on any atom is 0.0621 e. The van der Waals surface area contributed by atoms with Crippen LogP contribution in [0.25, 0.3) is 359 Å². The predicted molar refractivity (Wildman–Crippen MR) is 611 cm³/mol. The van der Waals surface area contributed by atoms with Crippen molar-refractivity contribution < 1.29 is 0 Å². The van der Waals surface area contributed by atoms with Crippen LogP contribution >= 0.6 is 0 Å². The van der Waals surface area contributed by atoms with Crippen LogP contribution in [-0.4, -0.2) is 53.8 Å². The second kappa shape index (κ2) is 24.9. The molecule has 0 atom stereocenters. The first-order chi connectivity index (χ1) is 71.0. The second-order valence-corrected chi connectivity index (χ2v) is 41.5. The van der Waals surface area contributed by atoms with Crippen molar-refractivity contribution >= 4 is 359 Å². The molecule has 0 amide bonds. The van der Waals surface area contributed by atoms with Crippen molar-refractivity contribution in [3.63, 3.8) is 0 Å². The summed E-state index contributed by atoms with van der Waals surface area (Å²) in [7, 11) is 13.2. The van der Waals surface area contributed by atoms with Crippen LogP contribution < -0.4 is 0 Å². The number of benzene rings is 21. The van der Waals surface area contributed by atoms with E-state index in [0.717, 1.165) is 0 Å². The molecule has 0 saturated carbocycles. The summed E-state index contributed by atoms with van der Waals surface area (Å²) in [5, 5.41) is 47.6. The van der Waals surface area contributed by atoms with E-state index in [-0.39, 0.29) is 0 Å². The molecule has 39 rings (SSSR count). The first-order valence-corrected chi connectivity index (χ1v) is 50.2. The molecule has 18 aromatic heterocycles. The fraction of sp³-hybridized carbons (Fsp3) is 0.0455. The summed E-state index contributed by atoms with van der Waals surface area (Å²) in [4.78, 5) is 0. The van der Waals surface area contributed by atoms with Gasteiger partial charge in [-0.1, -0.05) is 231 Å². The van der Waals surface area contributed by atoms with Crippen LogP contribution in [0.1, 0.15) is 0 Å². The Morgan fingerprint density at radius 2 is 0.278 bits per heavy atom. The Morgan fingerprint density at radius 3 is 0.590 bits per heavy atom. The molecule has 0 aliphatic carbocycles. The fourth-order valence-electron chi connectivity index (χ4n) is 29.6. The summed E-state index contributed by atoms with van der Waals surface area (Å²) in [5.74, 6) is 0. The summed E-state index contributed by atoms with van der Waals surface area (Å²) in [6.07, 6.45) is 0. The predicted octanol–water partition coefficient (Wildman–Crippen LogP) is 33.8. The molecule has 12 heteroatoms. The quantitative estimate of drug-likeness (QED) is 0.145. The third kappa shape index (κ3) is 8.29. The molecule has 0 saturated heterocycles. The smallest absolute Gasteiger partial charge is 0.0621 e. The summed E-state index contributed by atoms with van der Waals surface area (Å²) in [6.45, 7) is 0. The number of fused-ring (bicyclic) bond motifs is 58. The van der Waals surface area contributed by atoms with Gasteiger partial charge < -0.3 is 53.8 Å². The van der Waals surface area contributed by atoms with E-state index in [9.17, 15) is 0 Å². The lowest BCUT2D eigenvalue weighted by Gasteiger charge is -2.04. The normalized spacial score (nSPS) is 13.2. The number of nitrogens with zero attached hydrogens (tertiary/aromatic N) is 12. The topological polar surface area (TPSA) is 56.0 Å². The number of rotatable bonds is 0. The number of aromatic nitrogens is 12. The first-order valence-electron chi connectivity index (χ1n) is 50.2. The lowest BCUT2D eigenvalue weighted by atomic mass is 10.0. The summed E-state index contributed by atoms with van der Waals surface area (Å²) < 4.78 is 29.4. The highest BCUT2D eigenvalue weighted by atomic mass is 15.0. The van der Waals surface area contributed by atoms with E-state index in [0.29, 0.717) is 0 Å². The van der Waals surface area contributed by atoms with Crippen molar-refractivity contribution in [1.82, 2.24) is 53.8 Å². The molecular weight excluding hydrogens is 1750 g/mol. The summed E-state index contributed by atoms with van der Waals surface area (Å²) in [5.41, 5.74) is 38.6. The molecule has 144 heavy (non-hydrogen) atoms. The van der Waals surface area contributed by atoms with Crippen molar-refractivity contribution in [3.05, 3.63) is 364 Å². The van der Waals surface area contributed by atoms with Gasteiger partial charge >= 0.3 is 0 Å². The molecule has 0 bridgehead atoms. The van der Waals surface area contributed by atoms with Crippen molar-refractivity contribution in [2.24, 2.45) is 42.3 Å². The van der Waals surface area contributed by atoms with E-state index >= 15 is 0 Å². The standard InChI is InChI=1S/3C44H26N4/c1-45-35-15-5-3-9-23(35)29-17-31-25-11-7-13-27-33-20-40-34(19-39(33)47(43(25)27)41(31)21-37(29)45)28-14-8-12-26-32-18-30-24-10-4-6-16-36(24)46(2)38(30)22-42(32)48(40)44(26)28;1-45-31-15-5-3-9-25(31)39-33(45)17-19-35-41(39)27-13-7-11-23-29-22-38-30(21-37(29)47(35)43(23)27)24-12-8-14-28-42-36(48(38)44(24)28)20-18-34-40(42)26-10-4-6-16-32(26)46(34)2;1-45-33-15-5-3-9-23(33)27-17-19-35-39(43(27)45)29-13-7-11-25-31-22-38-32(21-37(31)47(35)41(25)29)26-12-8-14-30-40-36(48(38)42(26)30)20-18-28-24-10-4-6-16-34(24)46(2)44(28)40/h3*3-22H,1-2H3. The Kier molecular flexibility index (Phi) is 12.9. The minimum atomic E-state index is 1.27. The van der Waals surface area contributed by atoms with E-state index in [2.05, 4.69) is 460 Å². The fourth-order valence-corrected chi connectivity index (χ4v) is 29.6. The Labute approximate surface area is 813 Å². The highest BCUT2D eigenvalue weighted by Gasteiger charge is 2.32. The minimum absolute atomic E-state index is 1.27. The van der Waals surface area contributed by atoms with Gasteiger partial charge in [-0.15, -0.1) is 0 Å². The molecule has 0 aliphatic rings. The molecule has 0 radical (unpaired) electrons. The number of para-hydroxylation sites is 12. The Balaban J connectivity index is 0.0000000888. The van der Waals surface area contributed by atoms with Crippen molar-refractivity contribution in [2.45, 2.75) is 0 Å². The van der Waals surface area contributed by atoms with Crippen LogP contribution in [0.3, 0.4) is 0 Å². The van der Waals surface area contributed by atoms with Crippen LogP contribution in [0.2, 0.25) is 0 Å². The highest BCUT2D eigenvalue weighted by Crippen LogP contribution is 2.55. The SMILES string of the molecule is Cn1c2ccccc2c2c3c4cccc5c6cc7c(cc6n(c3ccc21)c54)c1cccc2c3c4c5ccccc5n(C)c4ccc3n7c12.Cn1c2ccccc2c2cc3c4cccc5c6cc7c(cc6n(c3cc21)c54)c1cccc2c3cc4c5ccccc5n(C)c4cc3n7c12.Cn1c2ccccc2c2ccc3c(c4cccc5c6cc7c(cc6n3c54)c3cccc4c5c6c(ccc5n7c34)c3ccccc3n6C)c21. The van der Waals surface area contributed by atoms with Gasteiger partial charge in [0.15, 0.2) is 0 Å². The molecule has 18 heterocycles. The van der Waals surface area contributed by atoms with Gasteiger partial charge in [-0.3, -0.25) is 0 Å². The van der Waals surface area contributed by atoms with E-state index in [1.165, 1.54) is 359 Å². The van der Waals surface area contributed by atoms with Gasteiger partial charge in [0.25, 0.3) is 0 Å². The summed E-state index contributed by atoms with van der Waals surface area (Å²) >= 11 is 0. The second-order valence-electron chi connectivity index (χ2n) is 41.5. The van der Waals surface area contributed by atoms with Gasteiger partial charge in [0.2, 0.25) is 0 Å². The zero-order chi connectivity index (χ0) is 93.5. The van der Waals surface area contributed by atoms with E-state index in [4.69, 9.17) is 0 Å². The third-order valence-electron chi connectivity index (χ3n) is 35.5. The zero-order valence-corrected chi connectivity index (χ0v) is 79.0. The van der Waals surface area contributed by atoms with Gasteiger partial charge in [-0.05, 0) is 133 Å². The number of hydrogen-bond donors (Lipinski definition) is 0. The maximum absolute atomic E-state index is 2.54. The van der Waals surface area contributed by atoms with Crippen LogP contribution in [0.15, 0.2) is 364 Å². The van der Waals surface area contributed by atoms with Gasteiger partial charge in [0.05, 0.1) is 121 Å². The van der Waals surface area contributed by atoms with Gasteiger partial charge in [-0.2, -0.15) is 0 Å². The lowest BCUT2D eigenvalue weighted by molar-refractivity contribution is 1.01. The number of aryl methyl sites for hydroxylation is 6. The van der Waals surface area contributed by atoms with Crippen molar-refractivity contribution in [2.75, 3.05) is 0 Å². The van der Waals surface area contributed by atoms with Gasteiger partial charge in [0.1, 0.15) is 0 Å². The lowest BCUT2D eigenvalue weighted by Crippen LogP contribution is -1.88. The first kappa shape index (κ1) is 74.3. The van der Waals surface area contributed by atoms with Gasteiger partial charge in [0, 0.05) is 280 Å². The van der Waals surface area contributed by atoms with E-state index in [1.807, 2.05) is 0 Å². The molecule has 0 aliphatic heterocycles. The Morgan fingerprint density at radius 1 is 0.0972 bits per heavy atom. The maximum atomic E-state index is 2.54. The Bertz CT molecular complexity index is 12200. The minimum Gasteiger partial charge on any atom is -0.344 e. The Hall–Kier alpha value is -18.8. The molecule has 0 spiro atoms. The molecule has 21 aromatic carbocycles. The van der Waals surface area contributed by atoms with Crippen molar-refractivity contribution in [3.8, 4) is 0 Å². The zero-order valence-electron chi connectivity index (χ0n) is 79.0. The molecular formula is C132H78N12. The van der Waals surface area contributed by atoms with Crippen LogP contribution in [-0.2, 0) is 42.3 Å². The van der Waals surface area contributed by atoms with Crippen LogP contribution in [0.4, 0.5) is 0 Å². The average Bonchev–Trinajstić information content (AvgIpc) is 1.51. The van der Waals surface area contributed by atoms with E-state index < -0.39 is 0 Å². The van der Waals surface area contributed by atoms with Gasteiger partial charge in [-0.25, -0.2) is 0 Å². The molecule has 39 aromatic rings. The van der Waals surface area contributed by atoms with Crippen LogP contribution in [0.5, 0.6) is 0 Å². The summed E-state index contributed by atoms with van der Waals surface area (Å²) in [6, 6.07) is 137. The largest absolute Gasteiger partial charge is 0.344 e. The third-order valence-corrected chi connectivity index (χ3v) is 35.5. The molecule has 666 valence electrons. The molecule has 0 unspecified atom stereocenters. The monoisotopic (exact) mass is 1830 g/mol. The van der Waals surface area contributed by atoms with Crippen molar-refractivity contribution in [1.29, 1.82) is 0 Å². The molecule has 12 nitrogen and oxygen atoms in total. The molecule has 0 fully saturated rings. The van der Waals surface area contributed by atoms with Crippen LogP contribution in [0, 0.1) is 0 Å². The van der Waals surface area contributed by atoms with E-state index in [1.54, 1.807) is 0 Å². The average molecular weight is 1830 g/mol.